The van der Waals surface area contributed by atoms with E-state index in [1.165, 1.54) is 25.7 Å². The van der Waals surface area contributed by atoms with Crippen molar-refractivity contribution in [2.75, 3.05) is 6.61 Å². The first-order valence-corrected chi connectivity index (χ1v) is 4.68. The topological polar surface area (TPSA) is 26.3 Å². The summed E-state index contributed by atoms with van der Waals surface area (Å²) in [4.78, 5) is 10.9. The van der Waals surface area contributed by atoms with Gasteiger partial charge in [-0.1, -0.05) is 18.9 Å². The third-order valence-corrected chi connectivity index (χ3v) is 2.19. The zero-order valence-corrected chi connectivity index (χ0v) is 7.58. The molecule has 0 aromatic rings. The summed E-state index contributed by atoms with van der Waals surface area (Å²) in [6.07, 6.45) is 8.63. The molecule has 2 heteroatoms. The van der Waals surface area contributed by atoms with Gasteiger partial charge < -0.3 is 4.74 Å². The SMILES string of the molecule is CCOC(=O)C=CC1CCCC1. The van der Waals surface area contributed by atoms with Gasteiger partial charge in [-0.05, 0) is 25.7 Å². The molecule has 68 valence electrons. The molecule has 0 aromatic heterocycles. The molecule has 0 radical (unpaired) electrons. The van der Waals surface area contributed by atoms with E-state index in [1.54, 1.807) is 6.08 Å². The molecule has 0 spiro atoms. The van der Waals surface area contributed by atoms with Crippen molar-refractivity contribution in [1.82, 2.24) is 0 Å². The van der Waals surface area contributed by atoms with Gasteiger partial charge in [0.15, 0.2) is 0 Å². The van der Waals surface area contributed by atoms with E-state index in [-0.39, 0.29) is 5.97 Å². The predicted octanol–water partition coefficient (Wildman–Crippen LogP) is 2.30. The Labute approximate surface area is 73.6 Å². The van der Waals surface area contributed by atoms with Crippen LogP contribution in [0.15, 0.2) is 12.2 Å². The summed E-state index contributed by atoms with van der Waals surface area (Å²) in [5.74, 6) is 0.416. The molecule has 1 rings (SSSR count). The first-order chi connectivity index (χ1) is 5.83. The smallest absolute Gasteiger partial charge is 0.330 e. The highest BCUT2D eigenvalue weighted by atomic mass is 16.5. The summed E-state index contributed by atoms with van der Waals surface area (Å²) >= 11 is 0. The van der Waals surface area contributed by atoms with Gasteiger partial charge in [-0.3, -0.25) is 0 Å². The van der Waals surface area contributed by atoms with Crippen molar-refractivity contribution in [3.05, 3.63) is 12.2 Å². The van der Waals surface area contributed by atoms with E-state index in [4.69, 9.17) is 4.74 Å². The Hall–Kier alpha value is -0.790. The van der Waals surface area contributed by atoms with Crippen molar-refractivity contribution < 1.29 is 9.53 Å². The standard InChI is InChI=1S/C10H16O2/c1-2-12-10(11)8-7-9-5-3-4-6-9/h7-9H,2-6H2,1H3. The zero-order chi connectivity index (χ0) is 8.81. The van der Waals surface area contributed by atoms with Crippen LogP contribution in [0.5, 0.6) is 0 Å². The fourth-order valence-electron chi connectivity index (χ4n) is 1.55. The van der Waals surface area contributed by atoms with Crippen LogP contribution in [-0.4, -0.2) is 12.6 Å². The molecular weight excluding hydrogens is 152 g/mol. The van der Waals surface area contributed by atoms with Crippen molar-refractivity contribution in [3.63, 3.8) is 0 Å². The van der Waals surface area contributed by atoms with E-state index >= 15 is 0 Å². The summed E-state index contributed by atoms with van der Waals surface area (Å²) in [6, 6.07) is 0. The van der Waals surface area contributed by atoms with Crippen LogP contribution in [0.4, 0.5) is 0 Å². The molecule has 0 aromatic carbocycles. The van der Waals surface area contributed by atoms with Gasteiger partial charge in [0, 0.05) is 6.08 Å². The molecule has 0 atom stereocenters. The molecule has 2 nitrogen and oxygen atoms in total. The Morgan fingerprint density at radius 1 is 1.50 bits per heavy atom. The lowest BCUT2D eigenvalue weighted by molar-refractivity contribution is -0.137. The monoisotopic (exact) mass is 168 g/mol. The molecule has 0 aliphatic heterocycles. The number of rotatable bonds is 3. The van der Waals surface area contributed by atoms with Gasteiger partial charge in [0.1, 0.15) is 0 Å². The number of hydrogen-bond donors (Lipinski definition) is 0. The normalized spacial score (nSPS) is 18.8. The maximum absolute atomic E-state index is 10.9. The van der Waals surface area contributed by atoms with E-state index in [9.17, 15) is 4.79 Å². The van der Waals surface area contributed by atoms with Gasteiger partial charge in [0.2, 0.25) is 0 Å². The third-order valence-electron chi connectivity index (χ3n) is 2.19. The van der Waals surface area contributed by atoms with Crippen LogP contribution in [0, 0.1) is 5.92 Å². The Balaban J connectivity index is 2.23. The van der Waals surface area contributed by atoms with Gasteiger partial charge in [0.05, 0.1) is 6.61 Å². The van der Waals surface area contributed by atoms with Crippen LogP contribution in [-0.2, 0) is 9.53 Å². The van der Waals surface area contributed by atoms with Gasteiger partial charge >= 0.3 is 5.97 Å². The van der Waals surface area contributed by atoms with Crippen molar-refractivity contribution in [2.24, 2.45) is 5.92 Å². The molecule has 1 saturated carbocycles. The molecular formula is C10H16O2. The summed E-state index contributed by atoms with van der Waals surface area (Å²) in [5, 5.41) is 0. The number of ether oxygens (including phenoxy) is 1. The van der Waals surface area contributed by atoms with E-state index in [0.717, 1.165) is 0 Å². The molecule has 1 aliphatic carbocycles. The lowest BCUT2D eigenvalue weighted by Crippen LogP contribution is -2.00. The fraction of sp³-hybridized carbons (Fsp3) is 0.700. The van der Waals surface area contributed by atoms with Crippen LogP contribution >= 0.6 is 0 Å². The summed E-state index contributed by atoms with van der Waals surface area (Å²) in [5.41, 5.74) is 0. The molecule has 0 amide bonds. The zero-order valence-electron chi connectivity index (χ0n) is 7.58. The minimum Gasteiger partial charge on any atom is -0.463 e. The Bertz CT molecular complexity index is 167. The van der Waals surface area contributed by atoms with Gasteiger partial charge in [-0.15, -0.1) is 0 Å². The molecule has 0 bridgehead atoms. The lowest BCUT2D eigenvalue weighted by atomic mass is 10.1. The summed E-state index contributed by atoms with van der Waals surface area (Å²) in [7, 11) is 0. The van der Waals surface area contributed by atoms with Crippen LogP contribution in [0.25, 0.3) is 0 Å². The summed E-state index contributed by atoms with van der Waals surface area (Å²) in [6.45, 7) is 2.29. The molecule has 0 N–H and O–H groups in total. The van der Waals surface area contributed by atoms with Crippen LogP contribution < -0.4 is 0 Å². The Morgan fingerprint density at radius 2 is 2.17 bits per heavy atom. The molecule has 1 aliphatic rings. The summed E-state index contributed by atoms with van der Waals surface area (Å²) < 4.78 is 4.78. The minimum absolute atomic E-state index is 0.204. The second kappa shape index (κ2) is 4.96. The minimum atomic E-state index is -0.204. The van der Waals surface area contributed by atoms with Crippen molar-refractivity contribution in [1.29, 1.82) is 0 Å². The maximum atomic E-state index is 10.9. The van der Waals surface area contributed by atoms with Gasteiger partial charge in [-0.25, -0.2) is 4.79 Å². The van der Waals surface area contributed by atoms with Crippen LogP contribution in [0.2, 0.25) is 0 Å². The molecule has 0 unspecified atom stereocenters. The average Bonchev–Trinajstić information content (AvgIpc) is 2.53. The number of hydrogen-bond acceptors (Lipinski definition) is 2. The van der Waals surface area contributed by atoms with E-state index in [0.29, 0.717) is 12.5 Å². The Kier molecular flexibility index (Phi) is 3.85. The highest BCUT2D eigenvalue weighted by Gasteiger charge is 2.11. The molecule has 0 saturated heterocycles. The number of esters is 1. The maximum Gasteiger partial charge on any atom is 0.330 e. The third kappa shape index (κ3) is 3.07. The molecule has 0 heterocycles. The highest BCUT2D eigenvalue weighted by molar-refractivity contribution is 5.81. The van der Waals surface area contributed by atoms with Crippen molar-refractivity contribution in [3.8, 4) is 0 Å². The average molecular weight is 168 g/mol. The highest BCUT2D eigenvalue weighted by Crippen LogP contribution is 2.25. The van der Waals surface area contributed by atoms with Gasteiger partial charge in [-0.2, -0.15) is 0 Å². The number of carbonyl (C=O) groups excluding carboxylic acids is 1. The van der Waals surface area contributed by atoms with E-state index in [1.807, 2.05) is 13.0 Å². The first kappa shape index (κ1) is 9.30. The van der Waals surface area contributed by atoms with E-state index < -0.39 is 0 Å². The van der Waals surface area contributed by atoms with E-state index in [2.05, 4.69) is 0 Å². The second-order valence-corrected chi connectivity index (χ2v) is 3.16. The number of allylic oxidation sites excluding steroid dienone is 1. The van der Waals surface area contributed by atoms with Crippen LogP contribution in [0.1, 0.15) is 32.6 Å². The van der Waals surface area contributed by atoms with Crippen molar-refractivity contribution in [2.45, 2.75) is 32.6 Å². The van der Waals surface area contributed by atoms with Gasteiger partial charge in [0.25, 0.3) is 0 Å². The number of carbonyl (C=O) groups is 1. The Morgan fingerprint density at radius 3 is 2.75 bits per heavy atom. The van der Waals surface area contributed by atoms with Crippen LogP contribution in [0.3, 0.4) is 0 Å². The lowest BCUT2D eigenvalue weighted by Gasteiger charge is -1.99. The first-order valence-electron chi connectivity index (χ1n) is 4.68. The predicted molar refractivity (Wildman–Crippen MR) is 47.7 cm³/mol. The fourth-order valence-corrected chi connectivity index (χ4v) is 1.55. The largest absolute Gasteiger partial charge is 0.463 e. The van der Waals surface area contributed by atoms with Crippen molar-refractivity contribution >= 4 is 5.97 Å². The molecule has 1 fully saturated rings. The molecule has 12 heavy (non-hydrogen) atoms. The quantitative estimate of drug-likeness (QED) is 0.477. The second-order valence-electron chi connectivity index (χ2n) is 3.16.